The summed E-state index contributed by atoms with van der Waals surface area (Å²) in [6.45, 7) is 2.89. The van der Waals surface area contributed by atoms with Gasteiger partial charge >= 0.3 is 0 Å². The second kappa shape index (κ2) is 4.87. The second-order valence-corrected chi connectivity index (χ2v) is 4.23. The molecule has 2 rings (SSSR count). The molecule has 1 aromatic rings. The first-order valence-electron chi connectivity index (χ1n) is 5.58. The normalized spacial score (nSPS) is 17.3. The van der Waals surface area contributed by atoms with E-state index in [1.54, 1.807) is 4.90 Å². The summed E-state index contributed by atoms with van der Waals surface area (Å²) < 4.78 is 32.4. The molecule has 0 spiro atoms. The van der Waals surface area contributed by atoms with Crippen LogP contribution in [0.15, 0.2) is 12.1 Å². The van der Waals surface area contributed by atoms with Gasteiger partial charge < -0.3 is 14.5 Å². The summed E-state index contributed by atoms with van der Waals surface area (Å²) in [4.78, 5) is 3.87. The van der Waals surface area contributed by atoms with E-state index in [1.165, 1.54) is 19.2 Å². The number of ether oxygens (including phenoxy) is 1. The number of piperazine rings is 1. The van der Waals surface area contributed by atoms with Gasteiger partial charge in [-0.15, -0.1) is 0 Å². The van der Waals surface area contributed by atoms with E-state index >= 15 is 0 Å². The molecule has 1 heterocycles. The lowest BCUT2D eigenvalue weighted by Crippen LogP contribution is -2.45. The fourth-order valence-electron chi connectivity index (χ4n) is 1.99. The average Bonchev–Trinajstić information content (AvgIpc) is 2.30. The zero-order valence-corrected chi connectivity index (χ0v) is 10.0. The molecule has 1 saturated heterocycles. The van der Waals surface area contributed by atoms with E-state index < -0.39 is 11.6 Å². The van der Waals surface area contributed by atoms with Crippen LogP contribution in [0.25, 0.3) is 0 Å². The van der Waals surface area contributed by atoms with Crippen LogP contribution in [0.1, 0.15) is 0 Å². The molecule has 5 heteroatoms. The standard InChI is InChI=1S/C12H16F2N2O/c1-15-3-5-16(6-4-15)12-10(13)7-9(17-2)8-11(12)14/h7-8H,3-6H2,1-2H3. The molecule has 0 aromatic heterocycles. The summed E-state index contributed by atoms with van der Waals surface area (Å²) in [6, 6.07) is 2.44. The fourth-order valence-corrected chi connectivity index (χ4v) is 1.99. The van der Waals surface area contributed by atoms with Crippen LogP contribution in [-0.4, -0.2) is 45.2 Å². The number of methoxy groups -OCH3 is 1. The Morgan fingerprint density at radius 3 is 2.06 bits per heavy atom. The van der Waals surface area contributed by atoms with Gasteiger partial charge in [-0.25, -0.2) is 8.78 Å². The molecule has 0 N–H and O–H groups in total. The van der Waals surface area contributed by atoms with Crippen LogP contribution >= 0.6 is 0 Å². The van der Waals surface area contributed by atoms with Gasteiger partial charge in [0.05, 0.1) is 7.11 Å². The number of hydrogen-bond acceptors (Lipinski definition) is 3. The van der Waals surface area contributed by atoms with Crippen LogP contribution in [0.4, 0.5) is 14.5 Å². The Hall–Kier alpha value is -1.36. The maximum atomic E-state index is 13.8. The van der Waals surface area contributed by atoms with Crippen molar-refractivity contribution in [2.75, 3.05) is 45.2 Å². The third kappa shape index (κ3) is 2.49. The van der Waals surface area contributed by atoms with Gasteiger partial charge in [-0.2, -0.15) is 0 Å². The number of rotatable bonds is 2. The first kappa shape index (κ1) is 12.1. The fraction of sp³-hybridized carbons (Fsp3) is 0.500. The molecule has 94 valence electrons. The van der Waals surface area contributed by atoms with Gasteiger partial charge in [0.2, 0.25) is 0 Å². The summed E-state index contributed by atoms with van der Waals surface area (Å²) in [5.74, 6) is -0.921. The number of likely N-dealkylation sites (N-methyl/N-ethyl adjacent to an activating group) is 1. The van der Waals surface area contributed by atoms with Crippen molar-refractivity contribution in [2.45, 2.75) is 0 Å². The molecule has 0 amide bonds. The number of anilines is 1. The predicted octanol–water partition coefficient (Wildman–Crippen LogP) is 1.73. The van der Waals surface area contributed by atoms with Crippen molar-refractivity contribution in [2.24, 2.45) is 0 Å². The van der Waals surface area contributed by atoms with E-state index in [4.69, 9.17) is 4.74 Å². The van der Waals surface area contributed by atoms with E-state index in [1.807, 2.05) is 7.05 Å². The van der Waals surface area contributed by atoms with Crippen molar-refractivity contribution >= 4 is 5.69 Å². The van der Waals surface area contributed by atoms with E-state index in [9.17, 15) is 8.78 Å². The summed E-state index contributed by atoms with van der Waals surface area (Å²) in [5, 5.41) is 0. The highest BCUT2D eigenvalue weighted by Crippen LogP contribution is 2.28. The molecular formula is C12H16F2N2O. The topological polar surface area (TPSA) is 15.7 Å². The van der Waals surface area contributed by atoms with Gasteiger partial charge in [-0.05, 0) is 7.05 Å². The Morgan fingerprint density at radius 1 is 1.06 bits per heavy atom. The number of hydrogen-bond donors (Lipinski definition) is 0. The number of halogens is 2. The van der Waals surface area contributed by atoms with Gasteiger partial charge in [-0.1, -0.05) is 0 Å². The number of nitrogens with zero attached hydrogens (tertiary/aromatic N) is 2. The van der Waals surface area contributed by atoms with Crippen LogP contribution in [0, 0.1) is 11.6 Å². The molecule has 17 heavy (non-hydrogen) atoms. The quantitative estimate of drug-likeness (QED) is 0.785. The predicted molar refractivity (Wildman–Crippen MR) is 62.6 cm³/mol. The van der Waals surface area contributed by atoms with E-state index in [0.717, 1.165) is 13.1 Å². The molecule has 0 saturated carbocycles. The van der Waals surface area contributed by atoms with Crippen molar-refractivity contribution < 1.29 is 13.5 Å². The summed E-state index contributed by atoms with van der Waals surface area (Å²) >= 11 is 0. The van der Waals surface area contributed by atoms with Crippen molar-refractivity contribution in [1.29, 1.82) is 0 Å². The Kier molecular flexibility index (Phi) is 3.47. The van der Waals surface area contributed by atoms with Crippen LogP contribution < -0.4 is 9.64 Å². The minimum absolute atomic E-state index is 0.0545. The molecule has 0 bridgehead atoms. The molecule has 0 unspecified atom stereocenters. The Bertz CT molecular complexity index is 380. The first-order valence-corrected chi connectivity index (χ1v) is 5.58. The van der Waals surface area contributed by atoms with Gasteiger partial charge in [0.1, 0.15) is 11.4 Å². The molecule has 1 aliphatic heterocycles. The molecular weight excluding hydrogens is 226 g/mol. The van der Waals surface area contributed by atoms with Crippen molar-refractivity contribution in [3.63, 3.8) is 0 Å². The highest BCUT2D eigenvalue weighted by Gasteiger charge is 2.21. The van der Waals surface area contributed by atoms with Crippen LogP contribution in [0.5, 0.6) is 5.75 Å². The molecule has 1 aromatic carbocycles. The summed E-state index contributed by atoms with van der Waals surface area (Å²) in [6.07, 6.45) is 0. The molecule has 0 atom stereocenters. The van der Waals surface area contributed by atoms with Gasteiger partial charge in [-0.3, -0.25) is 0 Å². The highest BCUT2D eigenvalue weighted by atomic mass is 19.1. The minimum atomic E-state index is -0.564. The Balaban J connectivity index is 2.26. The molecule has 1 fully saturated rings. The minimum Gasteiger partial charge on any atom is -0.497 e. The molecule has 1 aliphatic rings. The maximum Gasteiger partial charge on any atom is 0.153 e. The number of benzene rings is 1. The van der Waals surface area contributed by atoms with Gasteiger partial charge in [0.15, 0.2) is 11.6 Å². The molecule has 3 nitrogen and oxygen atoms in total. The van der Waals surface area contributed by atoms with E-state index in [-0.39, 0.29) is 11.4 Å². The first-order chi connectivity index (χ1) is 8.11. The summed E-state index contributed by atoms with van der Waals surface area (Å²) in [5.41, 5.74) is 0.0545. The SMILES string of the molecule is COc1cc(F)c(N2CCN(C)CC2)c(F)c1. The van der Waals surface area contributed by atoms with Gasteiger partial charge in [0.25, 0.3) is 0 Å². The van der Waals surface area contributed by atoms with E-state index in [2.05, 4.69) is 4.90 Å². The zero-order chi connectivity index (χ0) is 12.4. The Labute approximate surface area is 99.6 Å². The smallest absolute Gasteiger partial charge is 0.153 e. The Morgan fingerprint density at radius 2 is 1.59 bits per heavy atom. The third-order valence-electron chi connectivity index (χ3n) is 3.05. The molecule has 0 aliphatic carbocycles. The van der Waals surface area contributed by atoms with Gasteiger partial charge in [0, 0.05) is 38.3 Å². The lowest BCUT2D eigenvalue weighted by molar-refractivity contribution is 0.310. The van der Waals surface area contributed by atoms with E-state index in [0.29, 0.717) is 13.1 Å². The average molecular weight is 242 g/mol. The van der Waals surface area contributed by atoms with Crippen LogP contribution in [0.2, 0.25) is 0 Å². The summed E-state index contributed by atoms with van der Waals surface area (Å²) in [7, 11) is 3.39. The monoisotopic (exact) mass is 242 g/mol. The maximum absolute atomic E-state index is 13.8. The lowest BCUT2D eigenvalue weighted by atomic mass is 10.2. The highest BCUT2D eigenvalue weighted by molar-refractivity contribution is 5.52. The third-order valence-corrected chi connectivity index (χ3v) is 3.05. The van der Waals surface area contributed by atoms with Crippen molar-refractivity contribution in [1.82, 2.24) is 4.90 Å². The van der Waals surface area contributed by atoms with Crippen molar-refractivity contribution in [3.8, 4) is 5.75 Å². The van der Waals surface area contributed by atoms with Crippen LogP contribution in [0.3, 0.4) is 0 Å². The largest absolute Gasteiger partial charge is 0.497 e. The zero-order valence-electron chi connectivity index (χ0n) is 10.0. The van der Waals surface area contributed by atoms with Crippen molar-refractivity contribution in [3.05, 3.63) is 23.8 Å². The second-order valence-electron chi connectivity index (χ2n) is 4.23. The van der Waals surface area contributed by atoms with Crippen LogP contribution in [-0.2, 0) is 0 Å². The molecule has 0 radical (unpaired) electrons. The lowest BCUT2D eigenvalue weighted by Gasteiger charge is -2.34.